The van der Waals surface area contributed by atoms with Crippen LogP contribution in [0.3, 0.4) is 0 Å². The number of esters is 3. The average molecular weight is 674 g/mol. The Hall–Kier alpha value is -2.65. The third-order valence-electron chi connectivity index (χ3n) is 13.2. The third-order valence-corrected chi connectivity index (χ3v) is 13.2. The molecule has 1 aromatic rings. The number of ether oxygens (including phenoxy) is 7. The van der Waals surface area contributed by atoms with Gasteiger partial charge in [0.05, 0.1) is 24.4 Å². The molecule has 6 aliphatic rings. The maximum atomic E-state index is 13.8. The molecule has 1 saturated heterocycles. The van der Waals surface area contributed by atoms with Crippen molar-refractivity contribution in [2.45, 2.75) is 80.6 Å². The molecule has 264 valence electrons. The second kappa shape index (κ2) is 11.4. The minimum absolute atomic E-state index is 0.0497. The van der Waals surface area contributed by atoms with Gasteiger partial charge in [-0.3, -0.25) is 9.59 Å². The number of methoxy groups -OCH3 is 4. The van der Waals surface area contributed by atoms with E-state index in [1.54, 1.807) is 51.7 Å². The molecule has 13 heteroatoms. The molecular formula is C35H47NO12. The molecule has 1 spiro atoms. The SMILES string of the molecule is COC[C@]12CN(C)C3C4[C@H](OC)[C@H]1C3([C@@H](OC)C[C@H]2OC(C)=O)[C@H]1C[C@]2(O)[C@H](OC(=O)c3ccccc3)[C@@H]1[C@]4(OC(C)=O)[C@@H](O)[C@@H]2OC. The monoisotopic (exact) mass is 673 g/mol. The summed E-state index contributed by atoms with van der Waals surface area (Å²) in [5, 5.41) is 25.3. The van der Waals surface area contributed by atoms with E-state index in [9.17, 15) is 24.6 Å². The summed E-state index contributed by atoms with van der Waals surface area (Å²) in [7, 11) is 8.19. The van der Waals surface area contributed by atoms with Crippen LogP contribution in [0.25, 0.3) is 0 Å². The number of hydrogen-bond donors (Lipinski definition) is 2. The fourth-order valence-corrected chi connectivity index (χ4v) is 12.5. The molecular weight excluding hydrogens is 626 g/mol. The van der Waals surface area contributed by atoms with Crippen molar-refractivity contribution in [1.82, 2.24) is 4.90 Å². The van der Waals surface area contributed by atoms with E-state index in [0.29, 0.717) is 13.0 Å². The van der Waals surface area contributed by atoms with E-state index in [-0.39, 0.29) is 24.6 Å². The summed E-state index contributed by atoms with van der Waals surface area (Å²) < 4.78 is 43.7. The Kier molecular flexibility index (Phi) is 8.06. The zero-order valence-electron chi connectivity index (χ0n) is 28.5. The first kappa shape index (κ1) is 33.8. The minimum Gasteiger partial charge on any atom is -0.462 e. The normalized spacial score (nSPS) is 48.1. The van der Waals surface area contributed by atoms with Crippen LogP contribution in [-0.4, -0.2) is 136 Å². The zero-order chi connectivity index (χ0) is 34.6. The first-order valence-electron chi connectivity index (χ1n) is 16.7. The summed E-state index contributed by atoms with van der Waals surface area (Å²) in [5.41, 5.74) is -4.92. The summed E-state index contributed by atoms with van der Waals surface area (Å²) in [4.78, 5) is 41.9. The lowest BCUT2D eigenvalue weighted by Crippen LogP contribution is -2.81. The van der Waals surface area contributed by atoms with Crippen LogP contribution in [-0.2, 0) is 42.7 Å². The highest BCUT2D eigenvalue weighted by atomic mass is 16.6. The molecule has 1 aliphatic heterocycles. The van der Waals surface area contributed by atoms with Crippen LogP contribution >= 0.6 is 0 Å². The van der Waals surface area contributed by atoms with Crippen molar-refractivity contribution in [3.8, 4) is 0 Å². The van der Waals surface area contributed by atoms with Gasteiger partial charge in [-0.05, 0) is 31.5 Å². The molecule has 7 bridgehead atoms. The lowest BCUT2D eigenvalue weighted by atomic mass is 9.42. The number of likely N-dealkylation sites (tertiary alicyclic amines) is 1. The topological polar surface area (TPSA) is 160 Å². The maximum absolute atomic E-state index is 13.8. The Balaban J connectivity index is 1.52. The molecule has 1 heterocycles. The van der Waals surface area contributed by atoms with E-state index in [1.165, 1.54) is 21.0 Å². The number of benzene rings is 1. The van der Waals surface area contributed by atoms with Gasteiger partial charge >= 0.3 is 17.9 Å². The van der Waals surface area contributed by atoms with Crippen molar-refractivity contribution in [2.75, 3.05) is 48.6 Å². The van der Waals surface area contributed by atoms with Crippen molar-refractivity contribution < 1.29 is 57.8 Å². The molecule has 0 radical (unpaired) electrons. The number of fused-ring (bicyclic) bond motifs is 2. The number of carbonyl (C=O) groups excluding carboxylic acids is 3. The summed E-state index contributed by atoms with van der Waals surface area (Å²) in [5.74, 6) is -4.27. The van der Waals surface area contributed by atoms with Gasteiger partial charge in [-0.25, -0.2) is 4.79 Å². The van der Waals surface area contributed by atoms with Crippen LogP contribution in [0.2, 0.25) is 0 Å². The summed E-state index contributed by atoms with van der Waals surface area (Å²) >= 11 is 0. The summed E-state index contributed by atoms with van der Waals surface area (Å²) in [6.07, 6.45) is -5.46. The van der Waals surface area contributed by atoms with Gasteiger partial charge in [0, 0.05) is 89.9 Å². The molecule has 15 atom stereocenters. The zero-order valence-corrected chi connectivity index (χ0v) is 28.5. The average Bonchev–Trinajstić information content (AvgIpc) is 3.43. The molecule has 5 saturated carbocycles. The molecule has 1 aromatic carbocycles. The lowest BCUT2D eigenvalue weighted by molar-refractivity contribution is -0.321. The number of hydrogen-bond acceptors (Lipinski definition) is 13. The van der Waals surface area contributed by atoms with Crippen LogP contribution in [0.4, 0.5) is 0 Å². The van der Waals surface area contributed by atoms with Crippen LogP contribution in [0.1, 0.15) is 37.0 Å². The number of aliphatic hydroxyl groups excluding tert-OH is 1. The molecule has 5 aliphatic carbocycles. The van der Waals surface area contributed by atoms with E-state index in [1.807, 2.05) is 7.05 Å². The predicted octanol–water partition coefficient (Wildman–Crippen LogP) is 0.829. The molecule has 2 N–H and O–H groups in total. The van der Waals surface area contributed by atoms with Gasteiger partial charge in [0.1, 0.15) is 30.0 Å². The number of nitrogens with zero attached hydrogens (tertiary/aromatic N) is 1. The van der Waals surface area contributed by atoms with Crippen molar-refractivity contribution in [2.24, 2.45) is 34.5 Å². The van der Waals surface area contributed by atoms with Gasteiger partial charge < -0.3 is 48.3 Å². The lowest BCUT2D eigenvalue weighted by Gasteiger charge is -2.70. The maximum Gasteiger partial charge on any atom is 0.338 e. The Morgan fingerprint density at radius 3 is 2.21 bits per heavy atom. The highest BCUT2D eigenvalue weighted by molar-refractivity contribution is 5.89. The smallest absolute Gasteiger partial charge is 0.338 e. The van der Waals surface area contributed by atoms with Crippen molar-refractivity contribution in [1.29, 1.82) is 0 Å². The van der Waals surface area contributed by atoms with Gasteiger partial charge in [0.2, 0.25) is 0 Å². The standard InChI is InChI=1S/C35H47NO12/c1-17(37)46-21-13-22(43-5)34-20-14-33(41)29(47-31(40)19-11-9-8-10-12-19)23(20)35(48-18(2)38,28(39)30(33)45-7)24-25(44-6)26(34)32(21,16-42-4)15-36(3)27(24)34/h8-12,20-30,39,41H,13-16H2,1-7H3/t20-,21+,22-,23+,24?,25-,26+,27?,28-,29+,30-,32-,33-,34?,35+/m0/s1. The molecule has 7 rings (SSSR count). The van der Waals surface area contributed by atoms with Gasteiger partial charge in [-0.1, -0.05) is 18.2 Å². The molecule has 3 unspecified atom stereocenters. The van der Waals surface area contributed by atoms with Crippen LogP contribution < -0.4 is 0 Å². The molecule has 0 amide bonds. The van der Waals surface area contributed by atoms with Crippen molar-refractivity contribution >= 4 is 17.9 Å². The largest absolute Gasteiger partial charge is 0.462 e. The molecule has 6 fully saturated rings. The van der Waals surface area contributed by atoms with Gasteiger partial charge in [-0.15, -0.1) is 0 Å². The van der Waals surface area contributed by atoms with Crippen LogP contribution in [0.15, 0.2) is 30.3 Å². The van der Waals surface area contributed by atoms with Gasteiger partial charge in [0.25, 0.3) is 0 Å². The van der Waals surface area contributed by atoms with E-state index < -0.39 is 100 Å². The fourth-order valence-electron chi connectivity index (χ4n) is 12.5. The highest BCUT2D eigenvalue weighted by Crippen LogP contribution is 2.80. The number of piperidine rings is 1. The number of rotatable bonds is 9. The fraction of sp³-hybridized carbons (Fsp3) is 0.743. The number of aliphatic hydroxyl groups is 2. The van der Waals surface area contributed by atoms with Crippen LogP contribution in [0, 0.1) is 34.5 Å². The summed E-state index contributed by atoms with van der Waals surface area (Å²) in [6, 6.07) is 8.09. The Bertz CT molecular complexity index is 1460. The third kappa shape index (κ3) is 3.95. The Morgan fingerprint density at radius 2 is 1.62 bits per heavy atom. The van der Waals surface area contributed by atoms with Gasteiger partial charge in [0.15, 0.2) is 5.60 Å². The molecule has 0 aromatic heterocycles. The Labute approximate surface area is 280 Å². The van der Waals surface area contributed by atoms with E-state index in [4.69, 9.17) is 33.2 Å². The first-order valence-corrected chi connectivity index (χ1v) is 16.7. The van der Waals surface area contributed by atoms with Crippen molar-refractivity contribution in [3.05, 3.63) is 35.9 Å². The predicted molar refractivity (Wildman–Crippen MR) is 165 cm³/mol. The summed E-state index contributed by atoms with van der Waals surface area (Å²) in [6.45, 7) is 3.34. The van der Waals surface area contributed by atoms with Gasteiger partial charge in [-0.2, -0.15) is 0 Å². The second-order valence-corrected chi connectivity index (χ2v) is 14.9. The first-order chi connectivity index (χ1) is 22.8. The number of carbonyl (C=O) groups is 3. The second-order valence-electron chi connectivity index (χ2n) is 14.9. The molecule has 13 nitrogen and oxygen atoms in total. The quantitative estimate of drug-likeness (QED) is 0.281. The minimum atomic E-state index is -1.86. The van der Waals surface area contributed by atoms with Crippen LogP contribution in [0.5, 0.6) is 0 Å². The molecule has 48 heavy (non-hydrogen) atoms. The van der Waals surface area contributed by atoms with E-state index in [0.717, 1.165) is 0 Å². The Morgan fingerprint density at radius 1 is 0.917 bits per heavy atom. The van der Waals surface area contributed by atoms with Crippen molar-refractivity contribution in [3.63, 3.8) is 0 Å². The highest BCUT2D eigenvalue weighted by Gasteiger charge is 2.92. The van der Waals surface area contributed by atoms with E-state index in [2.05, 4.69) is 4.90 Å². The van der Waals surface area contributed by atoms with E-state index >= 15 is 0 Å².